The lowest BCUT2D eigenvalue weighted by atomic mass is 10.2. The summed E-state index contributed by atoms with van der Waals surface area (Å²) >= 11 is 0. The molecule has 8 heteroatoms. The molecule has 0 aromatic carbocycles. The molecule has 0 aliphatic rings. The number of nitrogens with two attached hydrogens (primary N) is 1. The smallest absolute Gasteiger partial charge is 0.407 e. The van der Waals surface area contributed by atoms with Gasteiger partial charge in [-0.15, -0.1) is 0 Å². The Morgan fingerprint density at radius 2 is 2.19 bits per heavy atom. The third-order valence-corrected chi connectivity index (χ3v) is 2.64. The van der Waals surface area contributed by atoms with E-state index in [2.05, 4.69) is 15.3 Å². The molecule has 2 heterocycles. The van der Waals surface area contributed by atoms with E-state index in [1.807, 2.05) is 0 Å². The van der Waals surface area contributed by atoms with Crippen LogP contribution in [-0.2, 0) is 11.3 Å². The number of nitrogens with one attached hydrogen (secondary N) is 1. The molecule has 0 bridgehead atoms. The van der Waals surface area contributed by atoms with Crippen LogP contribution < -0.4 is 11.1 Å². The second-order valence-corrected chi connectivity index (χ2v) is 4.07. The number of alkyl carbamates (subject to hydrolysis) is 1. The number of imidazole rings is 1. The van der Waals surface area contributed by atoms with E-state index in [-0.39, 0.29) is 25.0 Å². The van der Waals surface area contributed by atoms with E-state index in [1.54, 1.807) is 19.1 Å². The van der Waals surface area contributed by atoms with Gasteiger partial charge in [0.1, 0.15) is 0 Å². The molecular weight excluding hydrogens is 274 g/mol. The zero-order valence-corrected chi connectivity index (χ0v) is 11.4. The Labute approximate surface area is 120 Å². The Morgan fingerprint density at radius 3 is 2.86 bits per heavy atom. The zero-order valence-electron chi connectivity index (χ0n) is 11.4. The lowest BCUT2D eigenvalue weighted by Gasteiger charge is -2.07. The molecule has 0 fully saturated rings. The summed E-state index contributed by atoms with van der Waals surface area (Å²) < 4.78 is 5.98. The quantitative estimate of drug-likeness (QED) is 0.860. The number of anilines is 1. The van der Waals surface area contributed by atoms with Gasteiger partial charge in [-0.25, -0.2) is 9.78 Å². The average Bonchev–Trinajstić information content (AvgIpc) is 2.91. The van der Waals surface area contributed by atoms with Crippen molar-refractivity contribution in [3.8, 4) is 0 Å². The lowest BCUT2D eigenvalue weighted by molar-refractivity contribution is 0.0962. The number of amides is 1. The molecule has 0 radical (unpaired) electrons. The number of carbonyl (C=O) groups excluding carboxylic acids is 2. The highest BCUT2D eigenvalue weighted by atomic mass is 16.5. The van der Waals surface area contributed by atoms with E-state index in [0.29, 0.717) is 11.3 Å². The molecular formula is C13H15N5O3. The largest absolute Gasteiger partial charge is 0.450 e. The molecule has 110 valence electrons. The van der Waals surface area contributed by atoms with E-state index >= 15 is 0 Å². The maximum Gasteiger partial charge on any atom is 0.407 e. The predicted octanol–water partition coefficient (Wildman–Crippen LogP) is 0.795. The molecule has 2 aromatic heterocycles. The van der Waals surface area contributed by atoms with E-state index in [9.17, 15) is 9.59 Å². The van der Waals surface area contributed by atoms with Crippen LogP contribution in [0.2, 0.25) is 0 Å². The van der Waals surface area contributed by atoms with Crippen molar-refractivity contribution in [1.82, 2.24) is 19.9 Å². The van der Waals surface area contributed by atoms with Gasteiger partial charge in [0.25, 0.3) is 5.91 Å². The number of hydrogen-bond acceptors (Lipinski definition) is 6. The van der Waals surface area contributed by atoms with Gasteiger partial charge in [0.15, 0.2) is 0 Å². The molecule has 0 aliphatic heterocycles. The van der Waals surface area contributed by atoms with Gasteiger partial charge in [-0.05, 0) is 19.1 Å². The van der Waals surface area contributed by atoms with Gasteiger partial charge in [0.2, 0.25) is 5.95 Å². The van der Waals surface area contributed by atoms with E-state index in [0.717, 1.165) is 0 Å². The van der Waals surface area contributed by atoms with E-state index < -0.39 is 6.09 Å². The zero-order chi connectivity index (χ0) is 15.2. The highest BCUT2D eigenvalue weighted by molar-refractivity contribution is 5.97. The summed E-state index contributed by atoms with van der Waals surface area (Å²) in [6.45, 7) is 2.17. The van der Waals surface area contributed by atoms with Crippen LogP contribution in [0.15, 0.2) is 30.7 Å². The van der Waals surface area contributed by atoms with Gasteiger partial charge in [0, 0.05) is 24.2 Å². The van der Waals surface area contributed by atoms with Crippen molar-refractivity contribution in [2.24, 2.45) is 0 Å². The number of ether oxygens (including phenoxy) is 1. The van der Waals surface area contributed by atoms with Crippen LogP contribution in [0.3, 0.4) is 0 Å². The van der Waals surface area contributed by atoms with Crippen LogP contribution in [-0.4, -0.2) is 33.1 Å². The third-order valence-electron chi connectivity index (χ3n) is 2.64. The molecule has 0 aliphatic carbocycles. The number of hydrogen-bond donors (Lipinski definition) is 2. The Hall–Kier alpha value is -2.90. The fraction of sp³-hybridized carbons (Fsp3) is 0.231. The highest BCUT2D eigenvalue weighted by Crippen LogP contribution is 2.08. The summed E-state index contributed by atoms with van der Waals surface area (Å²) in [5.74, 6) is -0.201. The number of pyridine rings is 1. The molecule has 21 heavy (non-hydrogen) atoms. The van der Waals surface area contributed by atoms with E-state index in [4.69, 9.17) is 10.5 Å². The number of nitrogen functional groups attached to an aromatic ring is 1. The van der Waals surface area contributed by atoms with Gasteiger partial charge < -0.3 is 15.8 Å². The SMILES string of the molecule is CCOC(=O)NCc1cc(C(=O)n2ccnc2N)ccn1. The summed E-state index contributed by atoms with van der Waals surface area (Å²) in [7, 11) is 0. The van der Waals surface area contributed by atoms with Crippen molar-refractivity contribution in [2.75, 3.05) is 12.3 Å². The monoisotopic (exact) mass is 289 g/mol. The Kier molecular flexibility index (Phi) is 4.50. The van der Waals surface area contributed by atoms with Crippen LogP contribution in [0.25, 0.3) is 0 Å². The maximum atomic E-state index is 12.2. The van der Waals surface area contributed by atoms with Crippen molar-refractivity contribution in [2.45, 2.75) is 13.5 Å². The van der Waals surface area contributed by atoms with Crippen LogP contribution in [0.1, 0.15) is 23.0 Å². The van der Waals surface area contributed by atoms with Gasteiger partial charge in [-0.1, -0.05) is 0 Å². The molecule has 3 N–H and O–H groups in total. The van der Waals surface area contributed by atoms with Crippen LogP contribution in [0.4, 0.5) is 10.7 Å². The Balaban J connectivity index is 2.09. The second-order valence-electron chi connectivity index (χ2n) is 4.07. The lowest BCUT2D eigenvalue weighted by Crippen LogP contribution is -2.24. The first-order chi connectivity index (χ1) is 10.1. The molecule has 0 saturated carbocycles. The molecule has 2 rings (SSSR count). The van der Waals surface area contributed by atoms with Crippen molar-refractivity contribution in [3.63, 3.8) is 0 Å². The maximum absolute atomic E-state index is 12.2. The molecule has 1 amide bonds. The number of carbonyl (C=O) groups is 2. The summed E-state index contributed by atoms with van der Waals surface area (Å²) in [5.41, 5.74) is 6.52. The minimum atomic E-state index is -0.533. The third kappa shape index (κ3) is 3.56. The first-order valence-electron chi connectivity index (χ1n) is 6.31. The van der Waals surface area contributed by atoms with Gasteiger partial charge in [-0.2, -0.15) is 0 Å². The first-order valence-corrected chi connectivity index (χ1v) is 6.31. The summed E-state index contributed by atoms with van der Waals surface area (Å²) in [6.07, 6.45) is 3.88. The fourth-order valence-electron chi connectivity index (χ4n) is 1.68. The summed E-state index contributed by atoms with van der Waals surface area (Å²) in [6, 6.07) is 3.14. The molecule has 0 atom stereocenters. The molecule has 8 nitrogen and oxygen atoms in total. The number of rotatable bonds is 4. The van der Waals surface area contributed by atoms with Crippen LogP contribution >= 0.6 is 0 Å². The minimum Gasteiger partial charge on any atom is -0.450 e. The normalized spacial score (nSPS) is 10.1. The Morgan fingerprint density at radius 1 is 1.38 bits per heavy atom. The number of nitrogens with zero attached hydrogens (tertiary/aromatic N) is 3. The average molecular weight is 289 g/mol. The fourth-order valence-corrected chi connectivity index (χ4v) is 1.68. The number of aromatic nitrogens is 3. The van der Waals surface area contributed by atoms with Crippen LogP contribution in [0, 0.1) is 0 Å². The van der Waals surface area contributed by atoms with Crippen molar-refractivity contribution in [3.05, 3.63) is 42.0 Å². The standard InChI is InChI=1S/C13H15N5O3/c1-2-21-13(20)17-8-10-7-9(3-4-15-10)11(19)18-6-5-16-12(18)14/h3-7H,2,8H2,1H3,(H2,14,16)(H,17,20). The highest BCUT2D eigenvalue weighted by Gasteiger charge is 2.12. The van der Waals surface area contributed by atoms with Crippen molar-refractivity contribution in [1.29, 1.82) is 0 Å². The van der Waals surface area contributed by atoms with Gasteiger partial charge in [-0.3, -0.25) is 14.3 Å². The second kappa shape index (κ2) is 6.51. The molecule has 2 aromatic rings. The van der Waals surface area contributed by atoms with Crippen molar-refractivity contribution < 1.29 is 14.3 Å². The van der Waals surface area contributed by atoms with Crippen molar-refractivity contribution >= 4 is 17.9 Å². The van der Waals surface area contributed by atoms with Gasteiger partial charge >= 0.3 is 6.09 Å². The summed E-state index contributed by atoms with van der Waals surface area (Å²) in [4.78, 5) is 31.3. The molecule has 0 saturated heterocycles. The first kappa shape index (κ1) is 14.5. The molecule has 0 spiro atoms. The van der Waals surface area contributed by atoms with Gasteiger partial charge in [0.05, 0.1) is 18.8 Å². The summed E-state index contributed by atoms with van der Waals surface area (Å²) in [5, 5.41) is 2.53. The Bertz CT molecular complexity index is 653. The topological polar surface area (TPSA) is 112 Å². The predicted molar refractivity (Wildman–Crippen MR) is 74.5 cm³/mol. The molecule has 0 unspecified atom stereocenters. The van der Waals surface area contributed by atoms with E-state index in [1.165, 1.54) is 23.2 Å². The van der Waals surface area contributed by atoms with Crippen LogP contribution in [0.5, 0.6) is 0 Å². The minimum absolute atomic E-state index is 0.114.